The van der Waals surface area contributed by atoms with Crippen molar-refractivity contribution in [2.75, 3.05) is 46.4 Å². The van der Waals surface area contributed by atoms with E-state index in [2.05, 4.69) is 19.9 Å². The summed E-state index contributed by atoms with van der Waals surface area (Å²) in [5.41, 5.74) is 0.846. The van der Waals surface area contributed by atoms with Crippen LogP contribution in [-0.4, -0.2) is 80.8 Å². The van der Waals surface area contributed by atoms with Crippen molar-refractivity contribution in [3.63, 3.8) is 0 Å². The minimum Gasteiger partial charge on any atom is -0.490 e. The molecule has 1 atom stereocenters. The van der Waals surface area contributed by atoms with Gasteiger partial charge >= 0.3 is 6.61 Å². The smallest absolute Gasteiger partial charge is 0.387 e. The second-order valence-electron chi connectivity index (χ2n) is 7.31. The fourth-order valence-electron chi connectivity index (χ4n) is 3.75. The summed E-state index contributed by atoms with van der Waals surface area (Å²) in [5, 5.41) is 3.29. The molecule has 3 rings (SSSR count). The zero-order valence-corrected chi connectivity index (χ0v) is 20.7. The van der Waals surface area contributed by atoms with Crippen molar-refractivity contribution in [2.24, 2.45) is 4.99 Å². The van der Waals surface area contributed by atoms with E-state index in [1.165, 1.54) is 6.07 Å². The molecule has 2 heterocycles. The number of nitrogens with one attached hydrogen (secondary N) is 1. The van der Waals surface area contributed by atoms with Gasteiger partial charge in [-0.2, -0.15) is 8.78 Å². The number of benzene rings is 1. The number of hydrogen-bond donors (Lipinski definition) is 1. The maximum absolute atomic E-state index is 12.6. The first-order valence-electron chi connectivity index (χ1n) is 10.6. The molecule has 2 fully saturated rings. The lowest BCUT2D eigenvalue weighted by Gasteiger charge is -2.37. The molecule has 2 saturated heterocycles. The molecule has 0 spiro atoms. The Bertz CT molecular complexity index is 770. The highest BCUT2D eigenvalue weighted by Crippen LogP contribution is 2.30. The van der Waals surface area contributed by atoms with Crippen LogP contribution in [0.2, 0.25) is 0 Å². The van der Waals surface area contributed by atoms with Gasteiger partial charge in [0.15, 0.2) is 17.5 Å². The SMILES string of the molecule is CCOc1cc(CNC(=NC)N2CCN(C(=O)C3CCCO3)CC2)ccc1OC(F)F.I. The number of carbonyl (C=O) groups excluding carboxylic acids is 1. The van der Waals surface area contributed by atoms with Gasteiger partial charge in [0.1, 0.15) is 6.10 Å². The molecule has 1 unspecified atom stereocenters. The zero-order valence-electron chi connectivity index (χ0n) is 18.4. The summed E-state index contributed by atoms with van der Waals surface area (Å²) in [5.74, 6) is 1.08. The highest BCUT2D eigenvalue weighted by Gasteiger charge is 2.30. The molecule has 0 saturated carbocycles. The summed E-state index contributed by atoms with van der Waals surface area (Å²) in [6, 6.07) is 4.87. The Hall–Kier alpha value is -1.89. The topological polar surface area (TPSA) is 75.6 Å². The van der Waals surface area contributed by atoms with Gasteiger partial charge in [0, 0.05) is 46.4 Å². The van der Waals surface area contributed by atoms with Gasteiger partial charge in [-0.1, -0.05) is 6.07 Å². The highest BCUT2D eigenvalue weighted by atomic mass is 127. The summed E-state index contributed by atoms with van der Waals surface area (Å²) >= 11 is 0. The third-order valence-corrected chi connectivity index (χ3v) is 5.28. The maximum Gasteiger partial charge on any atom is 0.387 e. The number of ether oxygens (including phenoxy) is 3. The van der Waals surface area contributed by atoms with Crippen molar-refractivity contribution in [3.05, 3.63) is 23.8 Å². The van der Waals surface area contributed by atoms with Crippen LogP contribution in [0.15, 0.2) is 23.2 Å². The van der Waals surface area contributed by atoms with Crippen molar-refractivity contribution in [1.29, 1.82) is 0 Å². The van der Waals surface area contributed by atoms with Crippen LogP contribution in [0.5, 0.6) is 11.5 Å². The largest absolute Gasteiger partial charge is 0.490 e. The normalized spacial score (nSPS) is 19.0. The monoisotopic (exact) mass is 568 g/mol. The number of alkyl halides is 2. The Labute approximate surface area is 204 Å². The van der Waals surface area contributed by atoms with E-state index in [4.69, 9.17) is 9.47 Å². The predicted octanol–water partition coefficient (Wildman–Crippen LogP) is 2.70. The van der Waals surface area contributed by atoms with Crippen molar-refractivity contribution >= 4 is 35.8 Å². The van der Waals surface area contributed by atoms with Crippen LogP contribution in [0.1, 0.15) is 25.3 Å². The number of piperazine rings is 1. The molecule has 0 radical (unpaired) electrons. The van der Waals surface area contributed by atoms with E-state index < -0.39 is 6.61 Å². The van der Waals surface area contributed by atoms with Crippen LogP contribution in [0, 0.1) is 0 Å². The number of carbonyl (C=O) groups is 1. The highest BCUT2D eigenvalue weighted by molar-refractivity contribution is 14.0. The first-order chi connectivity index (χ1) is 15.0. The molecule has 11 heteroatoms. The molecule has 1 aromatic rings. The number of aliphatic imine (C=N–C) groups is 1. The van der Waals surface area contributed by atoms with Gasteiger partial charge in [0.05, 0.1) is 6.61 Å². The summed E-state index contributed by atoms with van der Waals surface area (Å²) < 4.78 is 40.6. The second-order valence-corrected chi connectivity index (χ2v) is 7.31. The number of hydrogen-bond acceptors (Lipinski definition) is 5. The minimum absolute atomic E-state index is 0. The van der Waals surface area contributed by atoms with E-state index in [0.717, 1.165) is 24.4 Å². The van der Waals surface area contributed by atoms with Crippen molar-refractivity contribution in [3.8, 4) is 11.5 Å². The quantitative estimate of drug-likeness (QED) is 0.310. The standard InChI is InChI=1S/C21H30F2N4O4.HI/c1-3-29-18-13-15(6-7-16(18)31-20(22)23)14-25-21(24-2)27-10-8-26(9-11-27)19(28)17-5-4-12-30-17;/h6-7,13,17,20H,3-5,8-12,14H2,1-2H3,(H,24,25);1H. The predicted molar refractivity (Wildman–Crippen MR) is 127 cm³/mol. The van der Waals surface area contributed by atoms with Crippen LogP contribution < -0.4 is 14.8 Å². The van der Waals surface area contributed by atoms with Gasteiger partial charge < -0.3 is 29.3 Å². The van der Waals surface area contributed by atoms with Gasteiger partial charge in [-0.05, 0) is 37.5 Å². The summed E-state index contributed by atoms with van der Waals surface area (Å²) in [4.78, 5) is 20.8. The molecule has 1 amide bonds. The second kappa shape index (κ2) is 13.0. The van der Waals surface area contributed by atoms with Crippen LogP contribution in [-0.2, 0) is 16.1 Å². The number of guanidine groups is 1. The van der Waals surface area contributed by atoms with E-state index in [1.807, 2.05) is 4.90 Å². The molecule has 1 aromatic carbocycles. The Morgan fingerprint density at radius 3 is 2.56 bits per heavy atom. The van der Waals surface area contributed by atoms with Crippen LogP contribution in [0.4, 0.5) is 8.78 Å². The Morgan fingerprint density at radius 2 is 1.97 bits per heavy atom. The molecule has 2 aliphatic heterocycles. The average Bonchev–Trinajstić information content (AvgIpc) is 3.30. The number of rotatable bonds is 7. The maximum atomic E-state index is 12.6. The number of halogens is 3. The van der Waals surface area contributed by atoms with Gasteiger partial charge in [0.2, 0.25) is 0 Å². The van der Waals surface area contributed by atoms with Gasteiger partial charge in [-0.3, -0.25) is 9.79 Å². The van der Waals surface area contributed by atoms with Gasteiger partial charge in [-0.25, -0.2) is 0 Å². The van der Waals surface area contributed by atoms with Crippen LogP contribution in [0.3, 0.4) is 0 Å². The molecular weight excluding hydrogens is 537 g/mol. The lowest BCUT2D eigenvalue weighted by Crippen LogP contribution is -2.55. The molecule has 1 N–H and O–H groups in total. The van der Waals surface area contributed by atoms with E-state index in [-0.39, 0.29) is 47.5 Å². The lowest BCUT2D eigenvalue weighted by atomic mass is 10.2. The van der Waals surface area contributed by atoms with E-state index in [0.29, 0.717) is 45.9 Å². The third kappa shape index (κ3) is 7.06. The molecule has 0 bridgehead atoms. The first-order valence-corrected chi connectivity index (χ1v) is 10.6. The van der Waals surface area contributed by atoms with Crippen LogP contribution >= 0.6 is 24.0 Å². The van der Waals surface area contributed by atoms with Crippen molar-refractivity contribution in [2.45, 2.75) is 39.0 Å². The Morgan fingerprint density at radius 1 is 1.25 bits per heavy atom. The Balaban J connectivity index is 0.00000363. The fraction of sp³-hybridized carbons (Fsp3) is 0.619. The molecule has 180 valence electrons. The van der Waals surface area contributed by atoms with E-state index >= 15 is 0 Å². The van der Waals surface area contributed by atoms with Crippen LogP contribution in [0.25, 0.3) is 0 Å². The molecular formula is C21H31F2IN4O4. The molecule has 32 heavy (non-hydrogen) atoms. The Kier molecular flexibility index (Phi) is 10.7. The fourth-order valence-corrected chi connectivity index (χ4v) is 3.75. The molecule has 0 aliphatic carbocycles. The zero-order chi connectivity index (χ0) is 22.2. The van der Waals surface area contributed by atoms with E-state index in [1.54, 1.807) is 26.1 Å². The van der Waals surface area contributed by atoms with Crippen molar-refractivity contribution < 1.29 is 27.8 Å². The van der Waals surface area contributed by atoms with Gasteiger partial charge in [-0.15, -0.1) is 24.0 Å². The molecule has 0 aromatic heterocycles. The number of nitrogens with zero attached hydrogens (tertiary/aromatic N) is 3. The average molecular weight is 568 g/mol. The summed E-state index contributed by atoms with van der Waals surface area (Å²) in [6.45, 7) is 2.89. The summed E-state index contributed by atoms with van der Waals surface area (Å²) in [7, 11) is 1.71. The number of amides is 1. The van der Waals surface area contributed by atoms with E-state index in [9.17, 15) is 13.6 Å². The molecule has 8 nitrogen and oxygen atoms in total. The van der Waals surface area contributed by atoms with Crippen molar-refractivity contribution in [1.82, 2.24) is 15.1 Å². The molecule has 2 aliphatic rings. The lowest BCUT2D eigenvalue weighted by molar-refractivity contribution is -0.142. The third-order valence-electron chi connectivity index (χ3n) is 5.28. The van der Waals surface area contributed by atoms with Gasteiger partial charge in [0.25, 0.3) is 5.91 Å². The minimum atomic E-state index is -2.91. The first kappa shape index (κ1) is 26.4. The summed E-state index contributed by atoms with van der Waals surface area (Å²) in [6.07, 6.45) is 1.45.